The van der Waals surface area contributed by atoms with E-state index in [0.717, 1.165) is 28.4 Å². The molecule has 0 aromatic heterocycles. The maximum Gasteiger partial charge on any atom is 0.123 e. The van der Waals surface area contributed by atoms with E-state index in [1.54, 1.807) is 12.1 Å². The van der Waals surface area contributed by atoms with E-state index >= 15 is 0 Å². The Morgan fingerprint density at radius 2 is 1.95 bits per heavy atom. The topological polar surface area (TPSA) is 15.3 Å². The zero-order valence-electron chi connectivity index (χ0n) is 12.5. The molecule has 2 rings (SSSR count). The molecule has 0 saturated carbocycles. The fraction of sp³-hybridized carbons (Fsp3) is 0.294. The van der Waals surface area contributed by atoms with Crippen molar-refractivity contribution in [1.29, 1.82) is 0 Å². The van der Waals surface area contributed by atoms with E-state index in [1.807, 2.05) is 45.3 Å². The molecular weight excluding hydrogens is 287 g/mol. The summed E-state index contributed by atoms with van der Waals surface area (Å²) in [5, 5.41) is 4.14. The summed E-state index contributed by atoms with van der Waals surface area (Å²) in [6.45, 7) is 2.79. The molecule has 21 heavy (non-hydrogen) atoms. The Hall–Kier alpha value is -1.58. The van der Waals surface area contributed by atoms with Gasteiger partial charge in [0.25, 0.3) is 0 Å². The van der Waals surface area contributed by atoms with Gasteiger partial charge in [0, 0.05) is 23.3 Å². The van der Waals surface area contributed by atoms with Crippen LogP contribution in [-0.4, -0.2) is 19.0 Å². The van der Waals surface area contributed by atoms with Crippen LogP contribution in [0.1, 0.15) is 24.1 Å². The smallest absolute Gasteiger partial charge is 0.123 e. The standard InChI is InChI=1S/C17H20ClFN2/c1-12(13-5-4-6-15(19)9-13)20-16-7-8-17(18)14(10-16)11-21(2)3/h4-10,12,20H,11H2,1-3H3/t12-/m0/s1. The number of halogens is 2. The lowest BCUT2D eigenvalue weighted by molar-refractivity contribution is 0.402. The van der Waals surface area contributed by atoms with E-state index in [0.29, 0.717) is 0 Å². The Bertz CT molecular complexity index is 613. The van der Waals surface area contributed by atoms with Gasteiger partial charge < -0.3 is 10.2 Å². The molecule has 4 heteroatoms. The number of hydrogen-bond donors (Lipinski definition) is 1. The molecule has 2 aromatic carbocycles. The van der Waals surface area contributed by atoms with Crippen LogP contribution in [0, 0.1) is 5.82 Å². The fourth-order valence-corrected chi connectivity index (χ4v) is 2.41. The van der Waals surface area contributed by atoms with Crippen LogP contribution < -0.4 is 5.32 Å². The summed E-state index contributed by atoms with van der Waals surface area (Å²) in [6, 6.07) is 12.5. The largest absolute Gasteiger partial charge is 0.379 e. The van der Waals surface area contributed by atoms with Gasteiger partial charge in [0.2, 0.25) is 0 Å². The van der Waals surface area contributed by atoms with Crippen LogP contribution in [0.25, 0.3) is 0 Å². The first-order chi connectivity index (χ1) is 9.95. The van der Waals surface area contributed by atoms with E-state index < -0.39 is 0 Å². The van der Waals surface area contributed by atoms with E-state index in [9.17, 15) is 4.39 Å². The molecule has 2 nitrogen and oxygen atoms in total. The summed E-state index contributed by atoms with van der Waals surface area (Å²) in [4.78, 5) is 2.07. The predicted molar refractivity (Wildman–Crippen MR) is 87.3 cm³/mol. The minimum absolute atomic E-state index is 0.0223. The number of nitrogens with one attached hydrogen (secondary N) is 1. The molecule has 0 aliphatic rings. The third-order valence-corrected chi connectivity index (χ3v) is 3.63. The lowest BCUT2D eigenvalue weighted by atomic mass is 10.1. The normalized spacial score (nSPS) is 12.5. The van der Waals surface area contributed by atoms with Crippen molar-refractivity contribution in [1.82, 2.24) is 4.90 Å². The van der Waals surface area contributed by atoms with Gasteiger partial charge in [-0.2, -0.15) is 0 Å². The van der Waals surface area contributed by atoms with Crippen LogP contribution in [-0.2, 0) is 6.54 Å². The third kappa shape index (κ3) is 4.45. The third-order valence-electron chi connectivity index (χ3n) is 3.26. The predicted octanol–water partition coefficient (Wildman–Crippen LogP) is 4.71. The van der Waals surface area contributed by atoms with Crippen molar-refractivity contribution in [2.75, 3.05) is 19.4 Å². The van der Waals surface area contributed by atoms with Gasteiger partial charge in [0.15, 0.2) is 0 Å². The second-order valence-corrected chi connectivity index (χ2v) is 5.87. The second kappa shape index (κ2) is 6.92. The zero-order chi connectivity index (χ0) is 15.4. The SMILES string of the molecule is C[C@H](Nc1ccc(Cl)c(CN(C)C)c1)c1cccc(F)c1. The Morgan fingerprint density at radius 1 is 1.19 bits per heavy atom. The molecule has 0 aliphatic carbocycles. The number of anilines is 1. The maximum atomic E-state index is 13.3. The first kappa shape index (κ1) is 15.8. The van der Waals surface area contributed by atoms with Gasteiger partial charge in [0.1, 0.15) is 5.82 Å². The van der Waals surface area contributed by atoms with E-state index in [2.05, 4.69) is 10.2 Å². The minimum Gasteiger partial charge on any atom is -0.379 e. The summed E-state index contributed by atoms with van der Waals surface area (Å²) >= 11 is 6.21. The van der Waals surface area contributed by atoms with Crippen LogP contribution in [0.3, 0.4) is 0 Å². The molecule has 0 bridgehead atoms. The van der Waals surface area contributed by atoms with Crippen molar-refractivity contribution >= 4 is 17.3 Å². The molecule has 0 fully saturated rings. The Balaban J connectivity index is 2.15. The highest BCUT2D eigenvalue weighted by Gasteiger charge is 2.08. The number of hydrogen-bond acceptors (Lipinski definition) is 2. The molecule has 1 atom stereocenters. The van der Waals surface area contributed by atoms with Crippen molar-refractivity contribution in [3.63, 3.8) is 0 Å². The fourth-order valence-electron chi connectivity index (χ4n) is 2.24. The monoisotopic (exact) mass is 306 g/mol. The van der Waals surface area contributed by atoms with Gasteiger partial charge in [0.05, 0.1) is 0 Å². The van der Waals surface area contributed by atoms with Crippen molar-refractivity contribution in [3.05, 3.63) is 64.4 Å². The van der Waals surface area contributed by atoms with E-state index in [4.69, 9.17) is 11.6 Å². The van der Waals surface area contributed by atoms with Crippen LogP contribution in [0.4, 0.5) is 10.1 Å². The quantitative estimate of drug-likeness (QED) is 0.860. The van der Waals surface area contributed by atoms with Gasteiger partial charge in [-0.15, -0.1) is 0 Å². The molecule has 112 valence electrons. The summed E-state index contributed by atoms with van der Waals surface area (Å²) in [6.07, 6.45) is 0. The van der Waals surface area contributed by atoms with Gasteiger partial charge in [-0.3, -0.25) is 0 Å². The number of benzene rings is 2. The zero-order valence-corrected chi connectivity index (χ0v) is 13.3. The maximum absolute atomic E-state index is 13.3. The van der Waals surface area contributed by atoms with Gasteiger partial charge >= 0.3 is 0 Å². The van der Waals surface area contributed by atoms with Gasteiger partial charge in [-0.05, 0) is 62.5 Å². The first-order valence-corrected chi connectivity index (χ1v) is 7.28. The highest BCUT2D eigenvalue weighted by atomic mass is 35.5. The van der Waals surface area contributed by atoms with Crippen molar-refractivity contribution in [2.45, 2.75) is 19.5 Å². The van der Waals surface area contributed by atoms with Crippen LogP contribution in [0.15, 0.2) is 42.5 Å². The van der Waals surface area contributed by atoms with Gasteiger partial charge in [-0.25, -0.2) is 4.39 Å². The highest BCUT2D eigenvalue weighted by molar-refractivity contribution is 6.31. The van der Waals surface area contributed by atoms with Gasteiger partial charge in [-0.1, -0.05) is 23.7 Å². The van der Waals surface area contributed by atoms with Crippen LogP contribution >= 0.6 is 11.6 Å². The van der Waals surface area contributed by atoms with E-state index in [-0.39, 0.29) is 11.9 Å². The summed E-state index contributed by atoms with van der Waals surface area (Å²) < 4.78 is 13.3. The molecule has 0 amide bonds. The van der Waals surface area contributed by atoms with Crippen molar-refractivity contribution in [3.8, 4) is 0 Å². The number of nitrogens with zero attached hydrogens (tertiary/aromatic N) is 1. The molecule has 0 unspecified atom stereocenters. The summed E-state index contributed by atoms with van der Waals surface area (Å²) in [5.74, 6) is -0.217. The summed E-state index contributed by atoms with van der Waals surface area (Å²) in [5.41, 5.74) is 2.96. The molecular formula is C17H20ClFN2. The lowest BCUT2D eigenvalue weighted by Crippen LogP contribution is -2.12. The molecule has 2 aromatic rings. The minimum atomic E-state index is -0.217. The average Bonchev–Trinajstić information content (AvgIpc) is 2.42. The Kier molecular flexibility index (Phi) is 5.21. The van der Waals surface area contributed by atoms with E-state index in [1.165, 1.54) is 6.07 Å². The average molecular weight is 307 g/mol. The molecule has 0 radical (unpaired) electrons. The highest BCUT2D eigenvalue weighted by Crippen LogP contribution is 2.25. The Labute approximate surface area is 130 Å². The first-order valence-electron chi connectivity index (χ1n) is 6.91. The second-order valence-electron chi connectivity index (χ2n) is 5.47. The molecule has 0 heterocycles. The number of rotatable bonds is 5. The molecule has 1 N–H and O–H groups in total. The lowest BCUT2D eigenvalue weighted by Gasteiger charge is -2.18. The van der Waals surface area contributed by atoms with Crippen molar-refractivity contribution in [2.24, 2.45) is 0 Å². The molecule has 0 saturated heterocycles. The molecule has 0 spiro atoms. The molecule has 0 aliphatic heterocycles. The van der Waals surface area contributed by atoms with Crippen LogP contribution in [0.2, 0.25) is 5.02 Å². The van der Waals surface area contributed by atoms with Crippen LogP contribution in [0.5, 0.6) is 0 Å². The van der Waals surface area contributed by atoms with Crippen molar-refractivity contribution < 1.29 is 4.39 Å². The Morgan fingerprint density at radius 3 is 2.62 bits per heavy atom. The summed E-state index contributed by atoms with van der Waals surface area (Å²) in [7, 11) is 4.01.